The van der Waals surface area contributed by atoms with Crippen LogP contribution in [0.25, 0.3) is 0 Å². The summed E-state index contributed by atoms with van der Waals surface area (Å²) in [5.74, 6) is -2.54. The van der Waals surface area contributed by atoms with Gasteiger partial charge in [-0.1, -0.05) is 65.2 Å². The molecule has 2 atom stereocenters. The van der Waals surface area contributed by atoms with E-state index in [1.165, 1.54) is 25.7 Å². The van der Waals surface area contributed by atoms with Crippen molar-refractivity contribution in [1.82, 2.24) is 0 Å². The van der Waals surface area contributed by atoms with Crippen molar-refractivity contribution in [2.75, 3.05) is 0 Å². The predicted molar refractivity (Wildman–Crippen MR) is 93.2 cm³/mol. The maximum atomic E-state index is 9.12. The molecular weight excluding hydrogens is 312 g/mol. The molecule has 0 aromatic rings. The van der Waals surface area contributed by atoms with Gasteiger partial charge in [0.15, 0.2) is 0 Å². The second kappa shape index (κ2) is 14.0. The van der Waals surface area contributed by atoms with Crippen LogP contribution >= 0.6 is 0 Å². The summed E-state index contributed by atoms with van der Waals surface area (Å²) >= 11 is 0. The van der Waals surface area contributed by atoms with Gasteiger partial charge in [0.2, 0.25) is 11.6 Å². The van der Waals surface area contributed by atoms with Crippen LogP contribution in [0.15, 0.2) is 0 Å². The van der Waals surface area contributed by atoms with E-state index in [4.69, 9.17) is 20.3 Å². The normalized spacial score (nSPS) is 16.8. The molecule has 0 rings (SSSR count). The third-order valence-electron chi connectivity index (χ3n) is 4.25. The summed E-state index contributed by atoms with van der Waals surface area (Å²) in [5, 5.41) is 18.2. The zero-order valence-corrected chi connectivity index (χ0v) is 16.0. The lowest BCUT2D eigenvalue weighted by atomic mass is 10.1. The van der Waals surface area contributed by atoms with Gasteiger partial charge in [-0.05, 0) is 26.7 Å². The molecule has 2 N–H and O–H groups in total. The minimum Gasteiger partial charge on any atom is -0.249 e. The first-order valence-corrected chi connectivity index (χ1v) is 9.47. The van der Waals surface area contributed by atoms with Crippen LogP contribution in [-0.2, 0) is 19.6 Å². The van der Waals surface area contributed by atoms with Gasteiger partial charge >= 0.3 is 0 Å². The molecule has 0 aliphatic carbocycles. The third-order valence-corrected chi connectivity index (χ3v) is 4.25. The molecule has 0 radical (unpaired) electrons. The molecule has 2 unspecified atom stereocenters. The van der Waals surface area contributed by atoms with Crippen molar-refractivity contribution in [3.63, 3.8) is 0 Å². The Morgan fingerprint density at radius 1 is 0.583 bits per heavy atom. The van der Waals surface area contributed by atoms with Crippen molar-refractivity contribution in [2.24, 2.45) is 0 Å². The quantitative estimate of drug-likeness (QED) is 0.143. The average Bonchev–Trinajstić information content (AvgIpc) is 2.60. The van der Waals surface area contributed by atoms with E-state index in [0.717, 1.165) is 38.5 Å². The zero-order valence-electron chi connectivity index (χ0n) is 16.0. The van der Waals surface area contributed by atoms with Crippen LogP contribution < -0.4 is 0 Å². The van der Waals surface area contributed by atoms with Crippen LogP contribution in [0.3, 0.4) is 0 Å². The highest BCUT2D eigenvalue weighted by atomic mass is 17.3. The molecule has 0 aromatic carbocycles. The topological polar surface area (TPSA) is 77.4 Å². The molecule has 0 saturated carbocycles. The number of hydrogen-bond acceptors (Lipinski definition) is 6. The highest BCUT2D eigenvalue weighted by Crippen LogP contribution is 2.27. The molecule has 0 bridgehead atoms. The fourth-order valence-electron chi connectivity index (χ4n) is 2.48. The van der Waals surface area contributed by atoms with E-state index in [2.05, 4.69) is 23.6 Å². The van der Waals surface area contributed by atoms with Gasteiger partial charge in [0.1, 0.15) is 0 Å². The summed E-state index contributed by atoms with van der Waals surface area (Å²) in [6, 6.07) is 0. The molecule has 0 heterocycles. The summed E-state index contributed by atoms with van der Waals surface area (Å²) in [6.07, 6.45) is 11.8. The molecular formula is C18H38O6. The first kappa shape index (κ1) is 23.8. The lowest BCUT2D eigenvalue weighted by Gasteiger charge is -2.31. The van der Waals surface area contributed by atoms with Crippen molar-refractivity contribution in [3.8, 4) is 0 Å². The first-order chi connectivity index (χ1) is 11.4. The third kappa shape index (κ3) is 11.3. The number of rotatable bonds is 17. The molecule has 0 saturated heterocycles. The van der Waals surface area contributed by atoms with Gasteiger partial charge < -0.3 is 0 Å². The second-order valence-electron chi connectivity index (χ2n) is 6.95. The minimum absolute atomic E-state index is 0.491. The Labute approximate surface area is 147 Å². The maximum absolute atomic E-state index is 9.12. The van der Waals surface area contributed by atoms with Gasteiger partial charge in [0, 0.05) is 12.8 Å². The lowest BCUT2D eigenvalue weighted by Crippen LogP contribution is -2.39. The van der Waals surface area contributed by atoms with Crippen molar-refractivity contribution >= 4 is 0 Å². The van der Waals surface area contributed by atoms with E-state index in [1.54, 1.807) is 13.8 Å². The van der Waals surface area contributed by atoms with Gasteiger partial charge in [-0.25, -0.2) is 20.3 Å². The van der Waals surface area contributed by atoms with Crippen LogP contribution in [0.4, 0.5) is 0 Å². The molecule has 6 heteroatoms. The summed E-state index contributed by atoms with van der Waals surface area (Å²) in [7, 11) is 0. The average molecular weight is 350 g/mol. The van der Waals surface area contributed by atoms with Crippen molar-refractivity contribution < 1.29 is 30.1 Å². The molecule has 0 aliphatic rings. The lowest BCUT2D eigenvalue weighted by molar-refractivity contribution is -0.567. The predicted octanol–water partition coefficient (Wildman–Crippen LogP) is 6.07. The van der Waals surface area contributed by atoms with Crippen LogP contribution in [-0.4, -0.2) is 22.1 Å². The molecule has 0 fully saturated rings. The fourth-order valence-corrected chi connectivity index (χ4v) is 2.48. The Bertz CT molecular complexity index is 261. The molecule has 0 spiro atoms. The van der Waals surface area contributed by atoms with Gasteiger partial charge in [-0.2, -0.15) is 9.78 Å². The van der Waals surface area contributed by atoms with E-state index >= 15 is 0 Å². The van der Waals surface area contributed by atoms with E-state index < -0.39 is 11.6 Å². The summed E-state index contributed by atoms with van der Waals surface area (Å²) in [5.41, 5.74) is 0. The monoisotopic (exact) mass is 350 g/mol. The van der Waals surface area contributed by atoms with Crippen LogP contribution in [0.2, 0.25) is 0 Å². The molecule has 146 valence electrons. The Morgan fingerprint density at radius 3 is 1.21 bits per heavy atom. The number of unbranched alkanes of at least 4 members (excludes halogenated alkanes) is 8. The van der Waals surface area contributed by atoms with E-state index in [0.29, 0.717) is 12.8 Å². The van der Waals surface area contributed by atoms with Crippen LogP contribution in [0.5, 0.6) is 0 Å². The largest absolute Gasteiger partial charge is 0.249 e. The molecule has 0 amide bonds. The molecule has 6 nitrogen and oxygen atoms in total. The first-order valence-electron chi connectivity index (χ1n) is 9.47. The van der Waals surface area contributed by atoms with Gasteiger partial charge in [-0.15, -0.1) is 0 Å². The van der Waals surface area contributed by atoms with Crippen molar-refractivity contribution in [2.45, 2.75) is 116 Å². The highest BCUT2D eigenvalue weighted by Gasteiger charge is 2.35. The Morgan fingerprint density at radius 2 is 0.917 bits per heavy atom. The Kier molecular flexibility index (Phi) is 13.8. The second-order valence-corrected chi connectivity index (χ2v) is 6.95. The fraction of sp³-hybridized carbons (Fsp3) is 1.00. The zero-order chi connectivity index (χ0) is 18.3. The van der Waals surface area contributed by atoms with E-state index in [9.17, 15) is 0 Å². The number of hydrogen-bond donors (Lipinski definition) is 2. The Hall–Kier alpha value is -0.240. The van der Waals surface area contributed by atoms with Crippen molar-refractivity contribution in [3.05, 3.63) is 0 Å². The Balaban J connectivity index is 4.17. The maximum Gasteiger partial charge on any atom is 0.231 e. The smallest absolute Gasteiger partial charge is 0.231 e. The van der Waals surface area contributed by atoms with Crippen molar-refractivity contribution in [1.29, 1.82) is 0 Å². The molecule has 0 aromatic heterocycles. The standard InChI is InChI=1S/C18H38O6/c1-5-7-9-11-13-15-17(3,21-19)23-24-18(4,22-20)16-14-12-10-8-6-2/h19-20H,5-16H2,1-4H3. The van der Waals surface area contributed by atoms with Crippen LogP contribution in [0, 0.1) is 0 Å². The molecule has 0 aliphatic heterocycles. The minimum atomic E-state index is -1.27. The summed E-state index contributed by atoms with van der Waals surface area (Å²) in [4.78, 5) is 19.4. The summed E-state index contributed by atoms with van der Waals surface area (Å²) in [6.45, 7) is 7.53. The van der Waals surface area contributed by atoms with Gasteiger partial charge in [-0.3, -0.25) is 0 Å². The van der Waals surface area contributed by atoms with Gasteiger partial charge in [0.05, 0.1) is 0 Å². The van der Waals surface area contributed by atoms with Gasteiger partial charge in [0.25, 0.3) is 0 Å². The van der Waals surface area contributed by atoms with Crippen LogP contribution in [0.1, 0.15) is 105 Å². The van der Waals surface area contributed by atoms with E-state index in [1.807, 2.05) is 0 Å². The SMILES string of the molecule is CCCCCCCC(C)(OO)OOC(C)(CCCCCCC)OO. The highest BCUT2D eigenvalue weighted by molar-refractivity contribution is 4.63. The summed E-state index contributed by atoms with van der Waals surface area (Å²) < 4.78 is 0. The van der Waals surface area contributed by atoms with E-state index in [-0.39, 0.29) is 0 Å². The molecule has 24 heavy (non-hydrogen) atoms.